The summed E-state index contributed by atoms with van der Waals surface area (Å²) in [5.74, 6) is 0. The first-order valence-corrected chi connectivity index (χ1v) is 6.67. The number of hydrogen-bond donors (Lipinski definition) is 1. The number of pyridine rings is 1. The molecule has 0 aliphatic carbocycles. The molecule has 0 saturated carbocycles. The van der Waals surface area contributed by atoms with Gasteiger partial charge in [0.15, 0.2) is 0 Å². The third-order valence-electron chi connectivity index (χ3n) is 1.48. The summed E-state index contributed by atoms with van der Waals surface area (Å²) in [7, 11) is 8.00. The van der Waals surface area contributed by atoms with Crippen LogP contribution in [0.2, 0.25) is 0 Å². The van der Waals surface area contributed by atoms with Gasteiger partial charge in [-0.3, -0.25) is 9.73 Å². The quantitative estimate of drug-likeness (QED) is 0.507. The van der Waals surface area contributed by atoms with Crippen LogP contribution in [0.4, 0.5) is 4.79 Å². The maximum absolute atomic E-state index is 11.5. The van der Waals surface area contributed by atoms with Crippen molar-refractivity contribution in [2.45, 2.75) is 5.03 Å². The molecule has 1 aromatic heterocycles. The van der Waals surface area contributed by atoms with E-state index in [1.807, 2.05) is 18.2 Å². The highest BCUT2D eigenvalue weighted by Crippen LogP contribution is 2.30. The molecule has 1 rings (SSSR count). The molecule has 2 amide bonds. The number of carbonyl (C=O) groups excluding carboxylic acids is 1. The Balaban J connectivity index is 2.35. The Bertz CT molecular complexity index is 334. The van der Waals surface area contributed by atoms with Crippen LogP contribution in [0.15, 0.2) is 29.4 Å². The number of rotatable bonds is 4. The molecule has 88 valence electrons. The van der Waals surface area contributed by atoms with Crippen LogP contribution in [0, 0.1) is 0 Å². The van der Waals surface area contributed by atoms with Gasteiger partial charge in [0.25, 0.3) is 0 Å². The van der Waals surface area contributed by atoms with Gasteiger partial charge in [0.1, 0.15) is 5.03 Å². The predicted molar refractivity (Wildman–Crippen MR) is 67.7 cm³/mol. The summed E-state index contributed by atoms with van der Waals surface area (Å²) in [6.07, 6.45) is 1.72. The average Bonchev–Trinajstić information content (AvgIpc) is 2.26. The van der Waals surface area contributed by atoms with Crippen LogP contribution in [0.1, 0.15) is 0 Å². The summed E-state index contributed by atoms with van der Waals surface area (Å²) in [6.45, 7) is 0. The lowest BCUT2D eigenvalue weighted by molar-refractivity contribution is 0.202. The topological polar surface area (TPSA) is 48.5 Å². The predicted octanol–water partition coefficient (Wildman–Crippen LogP) is 1.85. The van der Waals surface area contributed by atoms with E-state index < -0.39 is 0 Å². The fourth-order valence-corrected chi connectivity index (χ4v) is 2.38. The van der Waals surface area contributed by atoms with E-state index in [0.717, 1.165) is 5.03 Å². The van der Waals surface area contributed by atoms with E-state index in [1.165, 1.54) is 26.1 Å². The zero-order chi connectivity index (χ0) is 12.0. The van der Waals surface area contributed by atoms with Gasteiger partial charge in [-0.15, -0.1) is 0 Å². The van der Waals surface area contributed by atoms with Crippen LogP contribution < -0.4 is 5.43 Å². The van der Waals surface area contributed by atoms with Gasteiger partial charge in [-0.25, -0.2) is 14.8 Å². The summed E-state index contributed by atoms with van der Waals surface area (Å²) < 4.78 is 1.51. The molecule has 0 unspecified atom stereocenters. The van der Waals surface area contributed by atoms with Gasteiger partial charge in [0.2, 0.25) is 0 Å². The molecule has 0 aromatic carbocycles. The summed E-state index contributed by atoms with van der Waals surface area (Å²) >= 11 is 0. The van der Waals surface area contributed by atoms with Crippen LogP contribution in [-0.2, 0) is 0 Å². The molecule has 0 saturated heterocycles. The summed E-state index contributed by atoms with van der Waals surface area (Å²) in [5.41, 5.74) is 2.64. The zero-order valence-electron chi connectivity index (χ0n) is 9.38. The van der Waals surface area contributed by atoms with Crippen LogP contribution >= 0.6 is 21.8 Å². The molecule has 0 radical (unpaired) electrons. The largest absolute Gasteiger partial charge is 0.342 e. The number of hydrazine groups is 1. The molecule has 0 aliphatic heterocycles. The van der Waals surface area contributed by atoms with Crippen molar-refractivity contribution in [2.75, 3.05) is 21.1 Å². The highest BCUT2D eigenvalue weighted by Gasteiger charge is 2.10. The lowest BCUT2D eigenvalue weighted by atomic mass is 10.5. The van der Waals surface area contributed by atoms with E-state index in [-0.39, 0.29) is 6.03 Å². The van der Waals surface area contributed by atoms with E-state index in [4.69, 9.17) is 0 Å². The van der Waals surface area contributed by atoms with E-state index in [0.29, 0.717) is 0 Å². The highest BCUT2D eigenvalue weighted by molar-refractivity contribution is 8.75. The highest BCUT2D eigenvalue weighted by atomic mass is 33.1. The van der Waals surface area contributed by atoms with Gasteiger partial charge >= 0.3 is 6.03 Å². The third-order valence-corrected chi connectivity index (χ3v) is 3.76. The Hall–Kier alpha value is -0.920. The van der Waals surface area contributed by atoms with Crippen molar-refractivity contribution in [1.82, 2.24) is 19.7 Å². The number of nitrogens with zero attached hydrogens (tertiary/aromatic N) is 3. The summed E-state index contributed by atoms with van der Waals surface area (Å²) in [6, 6.07) is 5.50. The van der Waals surface area contributed by atoms with Crippen molar-refractivity contribution in [3.05, 3.63) is 24.4 Å². The monoisotopic (exact) mass is 258 g/mol. The van der Waals surface area contributed by atoms with E-state index in [1.54, 1.807) is 32.3 Å². The van der Waals surface area contributed by atoms with Gasteiger partial charge in [-0.1, -0.05) is 6.07 Å². The fourth-order valence-electron chi connectivity index (χ4n) is 0.786. The second kappa shape index (κ2) is 6.62. The Morgan fingerprint density at radius 3 is 2.69 bits per heavy atom. The lowest BCUT2D eigenvalue weighted by Crippen LogP contribution is -2.41. The minimum absolute atomic E-state index is 0.168. The molecule has 0 aliphatic rings. The molecular formula is C9H14N4OS2. The Kier molecular flexibility index (Phi) is 5.44. The van der Waals surface area contributed by atoms with Crippen molar-refractivity contribution in [3.8, 4) is 0 Å². The van der Waals surface area contributed by atoms with Gasteiger partial charge in [-0.05, 0) is 22.9 Å². The molecule has 1 N–H and O–H groups in total. The van der Waals surface area contributed by atoms with Crippen LogP contribution in [0.3, 0.4) is 0 Å². The molecule has 7 heteroatoms. The Morgan fingerprint density at radius 1 is 1.38 bits per heavy atom. The van der Waals surface area contributed by atoms with E-state index >= 15 is 0 Å². The number of hydrogen-bond acceptors (Lipinski definition) is 5. The first-order valence-electron chi connectivity index (χ1n) is 4.57. The summed E-state index contributed by atoms with van der Waals surface area (Å²) in [4.78, 5) is 15.6. The molecule has 1 aromatic rings. The molecule has 5 nitrogen and oxygen atoms in total. The van der Waals surface area contributed by atoms with Gasteiger partial charge in [0.05, 0.1) is 0 Å². The molecule has 16 heavy (non-hydrogen) atoms. The summed E-state index contributed by atoms with van der Waals surface area (Å²) in [5, 5.41) is 2.47. The van der Waals surface area contributed by atoms with Crippen molar-refractivity contribution in [3.63, 3.8) is 0 Å². The number of urea groups is 1. The first-order chi connectivity index (χ1) is 7.59. The standard InChI is InChI=1S/C9H14N4OS2/c1-12(2)11-9(14)13(3)16-15-8-6-4-5-7-10-8/h4-7H,1-3H3,(H,11,14). The molecule has 1 heterocycles. The normalized spacial score (nSPS) is 10.2. The molecular weight excluding hydrogens is 244 g/mol. The van der Waals surface area contributed by atoms with E-state index in [9.17, 15) is 4.79 Å². The maximum Gasteiger partial charge on any atom is 0.342 e. The SMILES string of the molecule is CN(C)NC(=O)N(C)SSc1ccccn1. The second-order valence-corrected chi connectivity index (χ2v) is 5.36. The van der Waals surface area contributed by atoms with Crippen LogP contribution in [0.25, 0.3) is 0 Å². The Morgan fingerprint density at radius 2 is 2.12 bits per heavy atom. The number of aromatic nitrogens is 1. The smallest absolute Gasteiger partial charge is 0.270 e. The van der Waals surface area contributed by atoms with E-state index in [2.05, 4.69) is 10.4 Å². The first kappa shape index (κ1) is 13.1. The number of nitrogens with one attached hydrogen (secondary N) is 1. The lowest BCUT2D eigenvalue weighted by Gasteiger charge is -2.18. The van der Waals surface area contributed by atoms with Gasteiger partial charge in [0, 0.05) is 38.3 Å². The zero-order valence-corrected chi connectivity index (χ0v) is 11.0. The van der Waals surface area contributed by atoms with Gasteiger partial charge in [-0.2, -0.15) is 0 Å². The number of amides is 2. The number of carbonyl (C=O) groups is 1. The molecule has 0 fully saturated rings. The minimum Gasteiger partial charge on any atom is -0.270 e. The minimum atomic E-state index is -0.168. The van der Waals surface area contributed by atoms with Crippen molar-refractivity contribution in [1.29, 1.82) is 0 Å². The van der Waals surface area contributed by atoms with Crippen LogP contribution in [0.5, 0.6) is 0 Å². The van der Waals surface area contributed by atoms with Crippen LogP contribution in [-0.4, -0.2) is 41.5 Å². The average molecular weight is 258 g/mol. The molecule has 0 bridgehead atoms. The van der Waals surface area contributed by atoms with Crippen molar-refractivity contribution >= 4 is 27.8 Å². The Labute approximate surface area is 103 Å². The van der Waals surface area contributed by atoms with Crippen molar-refractivity contribution < 1.29 is 4.79 Å². The van der Waals surface area contributed by atoms with Gasteiger partial charge < -0.3 is 0 Å². The second-order valence-electron chi connectivity index (χ2n) is 3.13. The molecule has 0 atom stereocenters. The fraction of sp³-hybridized carbons (Fsp3) is 0.333. The third kappa shape index (κ3) is 4.73. The van der Waals surface area contributed by atoms with Crippen molar-refractivity contribution in [2.24, 2.45) is 0 Å². The molecule has 0 spiro atoms. The maximum atomic E-state index is 11.5.